The molecule has 0 N–H and O–H groups in total. The van der Waals surface area contributed by atoms with Gasteiger partial charge in [-0.3, -0.25) is 4.79 Å². The van der Waals surface area contributed by atoms with E-state index in [1.807, 2.05) is 54.6 Å². The van der Waals surface area contributed by atoms with Crippen molar-refractivity contribution in [1.82, 2.24) is 0 Å². The molecule has 3 unspecified atom stereocenters. The Labute approximate surface area is 135 Å². The highest BCUT2D eigenvalue weighted by Crippen LogP contribution is 2.41. The van der Waals surface area contributed by atoms with E-state index in [0.717, 1.165) is 11.3 Å². The number of Topliss-reactive ketones (excluding diaryl/α,β-unsaturated/α-hetero) is 1. The number of hydrogen-bond donors (Lipinski definition) is 0. The minimum absolute atomic E-state index is 0.0208. The van der Waals surface area contributed by atoms with Gasteiger partial charge < -0.3 is 4.90 Å². The molecule has 2 aromatic carbocycles. The number of para-hydroxylation sites is 1. The topological polar surface area (TPSA) is 44.1 Å². The number of carbonyl (C=O) groups is 1. The Morgan fingerprint density at radius 2 is 1.83 bits per heavy atom. The van der Waals surface area contributed by atoms with Crippen molar-refractivity contribution >= 4 is 17.5 Å². The summed E-state index contributed by atoms with van der Waals surface area (Å²) in [6.45, 7) is 0. The zero-order valence-corrected chi connectivity index (χ0v) is 12.6. The first kappa shape index (κ1) is 13.8. The number of nitrogens with zero attached hydrogens (tertiary/aromatic N) is 2. The fourth-order valence-electron chi connectivity index (χ4n) is 3.67. The summed E-state index contributed by atoms with van der Waals surface area (Å²) in [6.07, 6.45) is 4.71. The molecule has 4 rings (SSSR count). The zero-order chi connectivity index (χ0) is 15.8. The van der Waals surface area contributed by atoms with Crippen molar-refractivity contribution in [3.05, 3.63) is 71.8 Å². The number of benzene rings is 2. The van der Waals surface area contributed by atoms with Gasteiger partial charge in [0.25, 0.3) is 0 Å². The van der Waals surface area contributed by atoms with E-state index in [4.69, 9.17) is 0 Å². The average Bonchev–Trinajstić information content (AvgIpc) is 3.01. The van der Waals surface area contributed by atoms with Gasteiger partial charge in [-0.2, -0.15) is 5.26 Å². The van der Waals surface area contributed by atoms with Crippen molar-refractivity contribution in [2.75, 3.05) is 4.90 Å². The van der Waals surface area contributed by atoms with Gasteiger partial charge in [0.2, 0.25) is 0 Å². The predicted octanol–water partition coefficient (Wildman–Crippen LogP) is 3.68. The third kappa shape index (κ3) is 2.15. The highest BCUT2D eigenvalue weighted by Gasteiger charge is 2.45. The molecule has 0 aromatic heterocycles. The third-order valence-electron chi connectivity index (χ3n) is 4.76. The number of hydrogen-bond acceptors (Lipinski definition) is 3. The predicted molar refractivity (Wildman–Crippen MR) is 90.0 cm³/mol. The first-order valence-electron chi connectivity index (χ1n) is 7.84. The highest BCUT2D eigenvalue weighted by atomic mass is 16.1. The number of ketones is 1. The smallest absolute Gasteiger partial charge is 0.185 e. The number of rotatable bonds is 2. The Kier molecular flexibility index (Phi) is 3.24. The lowest BCUT2D eigenvalue weighted by atomic mass is 9.96. The van der Waals surface area contributed by atoms with Gasteiger partial charge in [-0.15, -0.1) is 0 Å². The molecular weight excluding hydrogens is 284 g/mol. The molecule has 0 amide bonds. The van der Waals surface area contributed by atoms with E-state index in [2.05, 4.69) is 23.1 Å². The summed E-state index contributed by atoms with van der Waals surface area (Å²) in [4.78, 5) is 15.1. The Morgan fingerprint density at radius 3 is 2.61 bits per heavy atom. The molecule has 3 heteroatoms. The van der Waals surface area contributed by atoms with Crippen LogP contribution in [-0.4, -0.2) is 17.9 Å². The first-order chi connectivity index (χ1) is 11.3. The van der Waals surface area contributed by atoms with Gasteiger partial charge in [0.1, 0.15) is 0 Å². The Bertz CT molecular complexity index is 819. The van der Waals surface area contributed by atoms with Crippen LogP contribution in [0.25, 0.3) is 6.08 Å². The molecule has 3 nitrogen and oxygen atoms in total. The molecule has 2 aliphatic heterocycles. The highest BCUT2D eigenvalue weighted by molar-refractivity contribution is 6.03. The van der Waals surface area contributed by atoms with Gasteiger partial charge in [-0.05, 0) is 18.1 Å². The second kappa shape index (κ2) is 5.40. The maximum Gasteiger partial charge on any atom is 0.185 e. The van der Waals surface area contributed by atoms with Crippen LogP contribution < -0.4 is 4.90 Å². The Hall–Kier alpha value is -2.86. The lowest BCUT2D eigenvalue weighted by Crippen LogP contribution is -2.42. The fraction of sp³-hybridized carbons (Fsp3) is 0.200. The average molecular weight is 300 g/mol. The van der Waals surface area contributed by atoms with E-state index in [1.165, 1.54) is 0 Å². The molecule has 1 fully saturated rings. The van der Waals surface area contributed by atoms with Crippen LogP contribution in [0.1, 0.15) is 22.3 Å². The van der Waals surface area contributed by atoms with Crippen LogP contribution in [0.2, 0.25) is 0 Å². The molecule has 2 heterocycles. The molecule has 0 aliphatic carbocycles. The number of fused-ring (bicyclic) bond motifs is 3. The lowest BCUT2D eigenvalue weighted by molar-refractivity contribution is 0.0961. The molecule has 0 saturated carbocycles. The fourth-order valence-corrected chi connectivity index (χ4v) is 3.67. The maximum atomic E-state index is 13.0. The summed E-state index contributed by atoms with van der Waals surface area (Å²) >= 11 is 0. The van der Waals surface area contributed by atoms with Gasteiger partial charge in [0.15, 0.2) is 5.78 Å². The standard InChI is InChI=1S/C20H16N2O/c21-13-16-12-19(20(23)15-7-2-1-3-8-15)22-17-9-5-4-6-14(17)10-11-18(16)22/h1-11,16,18-19H,12H2. The van der Waals surface area contributed by atoms with Gasteiger partial charge in [0.05, 0.1) is 24.1 Å². The number of carbonyl (C=O) groups excluding carboxylic acids is 1. The van der Waals surface area contributed by atoms with Crippen molar-refractivity contribution in [2.45, 2.75) is 18.5 Å². The molecule has 3 atom stereocenters. The van der Waals surface area contributed by atoms with Crippen molar-refractivity contribution in [3.8, 4) is 6.07 Å². The quantitative estimate of drug-likeness (QED) is 0.795. The maximum absolute atomic E-state index is 13.0. The minimum Gasteiger partial charge on any atom is -0.353 e. The molecule has 0 radical (unpaired) electrons. The van der Waals surface area contributed by atoms with E-state index in [0.29, 0.717) is 12.0 Å². The molecule has 2 aliphatic rings. The second-order valence-electron chi connectivity index (χ2n) is 6.03. The molecule has 2 aromatic rings. The molecule has 112 valence electrons. The van der Waals surface area contributed by atoms with Gasteiger partial charge >= 0.3 is 0 Å². The Balaban J connectivity index is 1.78. The van der Waals surface area contributed by atoms with Gasteiger partial charge in [-0.1, -0.05) is 60.7 Å². The summed E-state index contributed by atoms with van der Waals surface area (Å²) in [5.41, 5.74) is 2.86. The molecule has 0 bridgehead atoms. The number of nitriles is 1. The van der Waals surface area contributed by atoms with Crippen LogP contribution in [0.3, 0.4) is 0 Å². The van der Waals surface area contributed by atoms with Gasteiger partial charge in [-0.25, -0.2) is 0 Å². The van der Waals surface area contributed by atoms with Crippen molar-refractivity contribution < 1.29 is 4.79 Å². The Morgan fingerprint density at radius 1 is 1.09 bits per heavy atom. The van der Waals surface area contributed by atoms with E-state index in [-0.39, 0.29) is 23.8 Å². The molecular formula is C20H16N2O. The summed E-state index contributed by atoms with van der Waals surface area (Å²) in [7, 11) is 0. The zero-order valence-electron chi connectivity index (χ0n) is 12.6. The van der Waals surface area contributed by atoms with Gasteiger partial charge in [0, 0.05) is 11.3 Å². The third-order valence-corrected chi connectivity index (χ3v) is 4.76. The van der Waals surface area contributed by atoms with Crippen molar-refractivity contribution in [3.63, 3.8) is 0 Å². The van der Waals surface area contributed by atoms with Crippen LogP contribution in [0.4, 0.5) is 5.69 Å². The summed E-state index contributed by atoms with van der Waals surface area (Å²) in [6, 6.07) is 19.5. The van der Waals surface area contributed by atoms with Crippen LogP contribution in [0, 0.1) is 17.2 Å². The molecule has 23 heavy (non-hydrogen) atoms. The first-order valence-corrected chi connectivity index (χ1v) is 7.84. The van der Waals surface area contributed by atoms with Crippen molar-refractivity contribution in [2.24, 2.45) is 5.92 Å². The summed E-state index contributed by atoms with van der Waals surface area (Å²) < 4.78 is 0. The monoisotopic (exact) mass is 300 g/mol. The second-order valence-corrected chi connectivity index (χ2v) is 6.03. The van der Waals surface area contributed by atoms with Crippen LogP contribution in [0.15, 0.2) is 60.7 Å². The number of anilines is 1. The van der Waals surface area contributed by atoms with E-state index < -0.39 is 0 Å². The van der Waals surface area contributed by atoms with Crippen LogP contribution in [-0.2, 0) is 0 Å². The van der Waals surface area contributed by atoms with E-state index in [9.17, 15) is 10.1 Å². The van der Waals surface area contributed by atoms with Crippen LogP contribution >= 0.6 is 0 Å². The molecule has 1 saturated heterocycles. The normalized spacial score (nSPS) is 24.7. The largest absolute Gasteiger partial charge is 0.353 e. The summed E-state index contributed by atoms with van der Waals surface area (Å²) in [5.74, 6) is -0.0595. The SMILES string of the molecule is N#CC1CC(C(=O)c2ccccc2)N2c3ccccc3C=CC12. The van der Waals surface area contributed by atoms with Crippen LogP contribution in [0.5, 0.6) is 0 Å². The minimum atomic E-state index is -0.279. The van der Waals surface area contributed by atoms with Crippen molar-refractivity contribution in [1.29, 1.82) is 5.26 Å². The molecule has 0 spiro atoms. The van der Waals surface area contributed by atoms with E-state index >= 15 is 0 Å². The summed E-state index contributed by atoms with van der Waals surface area (Å²) in [5, 5.41) is 9.50. The lowest BCUT2D eigenvalue weighted by Gasteiger charge is -2.34. The van der Waals surface area contributed by atoms with E-state index in [1.54, 1.807) is 0 Å².